The van der Waals surface area contributed by atoms with Crippen molar-refractivity contribution in [1.82, 2.24) is 5.01 Å². The van der Waals surface area contributed by atoms with Crippen molar-refractivity contribution in [2.75, 3.05) is 5.32 Å². The molecule has 0 spiro atoms. The van der Waals surface area contributed by atoms with E-state index in [-0.39, 0.29) is 28.1 Å². The van der Waals surface area contributed by atoms with Gasteiger partial charge in [0.2, 0.25) is 18.0 Å². The van der Waals surface area contributed by atoms with Crippen LogP contribution in [0.25, 0.3) is 0 Å². The third kappa shape index (κ3) is 4.85. The Kier molecular flexibility index (Phi) is 6.49. The van der Waals surface area contributed by atoms with Crippen molar-refractivity contribution in [1.29, 1.82) is 0 Å². The minimum atomic E-state index is -0.835. The number of nitrogens with one attached hydrogen (secondary N) is 1. The Balaban J connectivity index is 1.50. The van der Waals surface area contributed by atoms with Crippen LogP contribution >= 0.6 is 23.2 Å². The summed E-state index contributed by atoms with van der Waals surface area (Å²) in [6.07, 6.45) is -0.835. The second-order valence-electron chi connectivity index (χ2n) is 7.24. The molecule has 0 bridgehead atoms. The average molecular weight is 499 g/mol. The molecule has 3 aromatic carbocycles. The van der Waals surface area contributed by atoms with E-state index < -0.39 is 17.1 Å². The second-order valence-corrected chi connectivity index (χ2v) is 8.09. The minimum Gasteiger partial charge on any atom is -0.446 e. The Bertz CT molecular complexity index is 1310. The van der Waals surface area contributed by atoms with Crippen LogP contribution in [-0.4, -0.2) is 27.6 Å². The van der Waals surface area contributed by atoms with Gasteiger partial charge in [-0.2, -0.15) is 5.01 Å². The van der Waals surface area contributed by atoms with E-state index in [2.05, 4.69) is 10.4 Å². The van der Waals surface area contributed by atoms with Gasteiger partial charge in [0.15, 0.2) is 0 Å². The molecule has 0 saturated heterocycles. The number of anilines is 1. The van der Waals surface area contributed by atoms with Crippen LogP contribution in [0.3, 0.4) is 0 Å². The van der Waals surface area contributed by atoms with Crippen molar-refractivity contribution >= 4 is 52.3 Å². The molecule has 1 aliphatic heterocycles. The van der Waals surface area contributed by atoms with Gasteiger partial charge in [-0.15, -0.1) is 5.10 Å². The summed E-state index contributed by atoms with van der Waals surface area (Å²) < 4.78 is 5.89. The van der Waals surface area contributed by atoms with Gasteiger partial charge < -0.3 is 10.1 Å². The fraction of sp³-hybridized carbons (Fsp3) is 0.0870. The summed E-state index contributed by atoms with van der Waals surface area (Å²) in [7, 11) is 0. The van der Waals surface area contributed by atoms with E-state index in [1.807, 2.05) is 0 Å². The van der Waals surface area contributed by atoms with Crippen molar-refractivity contribution in [3.8, 4) is 0 Å². The van der Waals surface area contributed by atoms with Crippen molar-refractivity contribution in [3.63, 3.8) is 0 Å². The monoisotopic (exact) mass is 498 g/mol. The molecule has 0 saturated carbocycles. The first-order valence-corrected chi connectivity index (χ1v) is 10.6. The zero-order chi connectivity index (χ0) is 24.4. The number of hydrogen-bond donors (Lipinski definition) is 1. The summed E-state index contributed by atoms with van der Waals surface area (Å²) in [5.74, 6) is -0.595. The van der Waals surface area contributed by atoms with Crippen LogP contribution in [0.15, 0.2) is 71.8 Å². The van der Waals surface area contributed by atoms with Crippen LogP contribution in [0.4, 0.5) is 11.4 Å². The number of rotatable bonds is 5. The van der Waals surface area contributed by atoms with E-state index in [0.717, 1.165) is 0 Å². The summed E-state index contributed by atoms with van der Waals surface area (Å²) in [5, 5.41) is 19.7. The molecule has 0 fully saturated rings. The third-order valence-corrected chi connectivity index (χ3v) is 5.47. The molecule has 4 rings (SSSR count). The topological polar surface area (TPSA) is 114 Å². The molecule has 3 aromatic rings. The lowest BCUT2D eigenvalue weighted by Gasteiger charge is -2.19. The molecule has 9 nitrogen and oxygen atoms in total. The van der Waals surface area contributed by atoms with Crippen LogP contribution in [0.1, 0.15) is 34.6 Å². The molecule has 11 heteroatoms. The maximum Gasteiger partial charge on any atom is 0.269 e. The first-order valence-electron chi connectivity index (χ1n) is 9.89. The fourth-order valence-corrected chi connectivity index (χ4v) is 3.72. The van der Waals surface area contributed by atoms with Crippen LogP contribution in [-0.2, 0) is 9.53 Å². The highest BCUT2D eigenvalue weighted by molar-refractivity contribution is 6.37. The maximum atomic E-state index is 12.5. The molecule has 1 heterocycles. The number of benzene rings is 3. The summed E-state index contributed by atoms with van der Waals surface area (Å²) in [6, 6.07) is 16.9. The Hall–Kier alpha value is -3.95. The van der Waals surface area contributed by atoms with E-state index in [1.54, 1.807) is 30.3 Å². The number of hydrogen-bond acceptors (Lipinski definition) is 6. The molecule has 0 aliphatic carbocycles. The Morgan fingerprint density at radius 3 is 2.32 bits per heavy atom. The Morgan fingerprint density at radius 2 is 1.74 bits per heavy atom. The van der Waals surface area contributed by atoms with Gasteiger partial charge in [-0.1, -0.05) is 35.3 Å². The smallest absolute Gasteiger partial charge is 0.269 e. The van der Waals surface area contributed by atoms with Crippen LogP contribution in [0.5, 0.6) is 0 Å². The SMILES string of the molecule is CC(=O)N1N=C(c2ccc([N+](=O)[O-])cc2)O[C@H]1c1ccc(NC(=O)c2ccc(Cl)cc2Cl)cc1. The van der Waals surface area contributed by atoms with E-state index >= 15 is 0 Å². The van der Waals surface area contributed by atoms with Crippen LogP contribution in [0, 0.1) is 10.1 Å². The van der Waals surface area contributed by atoms with E-state index in [0.29, 0.717) is 21.8 Å². The maximum absolute atomic E-state index is 12.5. The highest BCUT2D eigenvalue weighted by atomic mass is 35.5. The first-order chi connectivity index (χ1) is 16.2. The lowest BCUT2D eigenvalue weighted by molar-refractivity contribution is -0.384. The number of ether oxygens (including phenoxy) is 1. The molecule has 172 valence electrons. The first kappa shape index (κ1) is 23.2. The molecule has 2 amide bonds. The fourth-order valence-electron chi connectivity index (χ4n) is 3.23. The molecule has 34 heavy (non-hydrogen) atoms. The van der Waals surface area contributed by atoms with Gasteiger partial charge in [0.1, 0.15) is 0 Å². The van der Waals surface area contributed by atoms with Gasteiger partial charge in [-0.05, 0) is 42.5 Å². The van der Waals surface area contributed by atoms with Gasteiger partial charge in [-0.3, -0.25) is 19.7 Å². The van der Waals surface area contributed by atoms with Gasteiger partial charge in [0, 0.05) is 40.9 Å². The summed E-state index contributed by atoms with van der Waals surface area (Å²) in [6.45, 7) is 1.35. The predicted octanol–water partition coefficient (Wildman–Crippen LogP) is 5.39. The zero-order valence-electron chi connectivity index (χ0n) is 17.6. The molecule has 1 N–H and O–H groups in total. The number of nitro benzene ring substituents is 1. The van der Waals surface area contributed by atoms with Crippen molar-refractivity contribution < 1.29 is 19.2 Å². The number of carbonyl (C=O) groups excluding carboxylic acids is 2. The molecule has 0 radical (unpaired) electrons. The number of non-ortho nitro benzene ring substituents is 1. The van der Waals surface area contributed by atoms with E-state index in [4.69, 9.17) is 27.9 Å². The number of halogens is 2. The van der Waals surface area contributed by atoms with Gasteiger partial charge >= 0.3 is 0 Å². The standard InChI is InChI=1S/C23H16Cl2N4O5/c1-13(30)28-23(34-22(27-28)14-4-9-18(10-5-14)29(32)33)15-2-7-17(8-3-15)26-21(31)19-11-6-16(24)12-20(19)25/h2-12,23H,1H3,(H,26,31)/t23-/m0/s1. The number of nitrogens with zero attached hydrogens (tertiary/aromatic N) is 3. The number of carbonyl (C=O) groups is 2. The molecule has 0 unspecified atom stereocenters. The van der Waals surface area contributed by atoms with Gasteiger partial charge in [0.05, 0.1) is 15.5 Å². The number of nitro groups is 1. The molecule has 0 aromatic heterocycles. The minimum absolute atomic E-state index is 0.0696. The quantitative estimate of drug-likeness (QED) is 0.373. The van der Waals surface area contributed by atoms with Gasteiger partial charge in [-0.25, -0.2) is 0 Å². The van der Waals surface area contributed by atoms with Crippen molar-refractivity contribution in [2.24, 2.45) is 5.10 Å². The molecule has 1 atom stereocenters. The van der Waals surface area contributed by atoms with Crippen LogP contribution in [0.2, 0.25) is 10.0 Å². The third-order valence-electron chi connectivity index (χ3n) is 4.92. The normalized spacial score (nSPS) is 14.9. The Morgan fingerprint density at radius 1 is 1.06 bits per heavy atom. The zero-order valence-corrected chi connectivity index (χ0v) is 19.1. The summed E-state index contributed by atoms with van der Waals surface area (Å²) in [5.41, 5.74) is 1.81. The molecular formula is C23H16Cl2N4O5. The highest BCUT2D eigenvalue weighted by Crippen LogP contribution is 2.31. The lowest BCUT2D eigenvalue weighted by atomic mass is 10.1. The molecular weight excluding hydrogens is 483 g/mol. The number of amides is 2. The van der Waals surface area contributed by atoms with Crippen molar-refractivity contribution in [2.45, 2.75) is 13.2 Å². The largest absolute Gasteiger partial charge is 0.446 e. The predicted molar refractivity (Wildman–Crippen MR) is 127 cm³/mol. The second kappa shape index (κ2) is 9.50. The average Bonchev–Trinajstić information content (AvgIpc) is 3.25. The Labute approximate surface area is 203 Å². The van der Waals surface area contributed by atoms with Crippen LogP contribution < -0.4 is 5.32 Å². The lowest BCUT2D eigenvalue weighted by Crippen LogP contribution is -2.25. The summed E-state index contributed by atoms with van der Waals surface area (Å²) in [4.78, 5) is 35.0. The van der Waals surface area contributed by atoms with Crippen molar-refractivity contribution in [3.05, 3.63) is 104 Å². The summed E-state index contributed by atoms with van der Waals surface area (Å²) >= 11 is 12.0. The van der Waals surface area contributed by atoms with Gasteiger partial charge in [0.25, 0.3) is 11.6 Å². The molecule has 1 aliphatic rings. The van der Waals surface area contributed by atoms with E-state index in [9.17, 15) is 19.7 Å². The highest BCUT2D eigenvalue weighted by Gasteiger charge is 2.33. The van der Waals surface area contributed by atoms with E-state index in [1.165, 1.54) is 48.3 Å². The number of hydrazone groups is 1.